The van der Waals surface area contributed by atoms with E-state index < -0.39 is 0 Å². The molecule has 0 amide bonds. The van der Waals surface area contributed by atoms with Gasteiger partial charge in [0.25, 0.3) is 0 Å². The Kier molecular flexibility index (Phi) is 2.45. The molecule has 0 saturated carbocycles. The van der Waals surface area contributed by atoms with E-state index in [9.17, 15) is 0 Å². The smallest absolute Gasteiger partial charge is 0.118 e. The third kappa shape index (κ3) is 1.74. The molecule has 1 radical (unpaired) electrons. The third-order valence-corrected chi connectivity index (χ3v) is 2.05. The molecule has 2 rings (SSSR count). The van der Waals surface area contributed by atoms with E-state index in [0.29, 0.717) is 0 Å². The number of hydrogen-bond acceptors (Lipinski definition) is 2. The fourth-order valence-electron chi connectivity index (χ4n) is 1.28. The minimum Gasteiger partial charge on any atom is -0.497 e. The third-order valence-electron chi connectivity index (χ3n) is 2.05. The molecule has 0 aliphatic carbocycles. The maximum Gasteiger partial charge on any atom is 0.118 e. The predicted octanol–water partition coefficient (Wildman–Crippen LogP) is 2.56. The van der Waals surface area contributed by atoms with Crippen molar-refractivity contribution in [1.82, 2.24) is 4.98 Å². The topological polar surface area (TPSA) is 22.1 Å². The molecular weight excluding hydrogens is 174 g/mol. The van der Waals surface area contributed by atoms with Crippen molar-refractivity contribution in [3.63, 3.8) is 0 Å². The summed E-state index contributed by atoms with van der Waals surface area (Å²) in [6.07, 6.45) is 4.54. The van der Waals surface area contributed by atoms with Gasteiger partial charge >= 0.3 is 0 Å². The molecule has 0 unspecified atom stereocenters. The van der Waals surface area contributed by atoms with Gasteiger partial charge in [-0.3, -0.25) is 4.98 Å². The van der Waals surface area contributed by atoms with Gasteiger partial charge in [0.05, 0.1) is 13.3 Å². The Morgan fingerprint density at radius 1 is 1.07 bits per heavy atom. The molecule has 2 nitrogen and oxygen atoms in total. The van der Waals surface area contributed by atoms with Crippen LogP contribution in [0.2, 0.25) is 0 Å². The summed E-state index contributed by atoms with van der Waals surface area (Å²) in [5.74, 6) is 0.867. The quantitative estimate of drug-likeness (QED) is 0.715. The highest BCUT2D eigenvalue weighted by Gasteiger charge is 1.96. The Hall–Kier alpha value is -1.83. The van der Waals surface area contributed by atoms with Gasteiger partial charge in [-0.15, -0.1) is 0 Å². The van der Waals surface area contributed by atoms with E-state index in [4.69, 9.17) is 4.74 Å². The van der Waals surface area contributed by atoms with Gasteiger partial charge in [-0.2, -0.15) is 0 Å². The highest BCUT2D eigenvalue weighted by atomic mass is 16.5. The highest BCUT2D eigenvalue weighted by Crippen LogP contribution is 2.20. The van der Waals surface area contributed by atoms with Crippen LogP contribution >= 0.6 is 0 Å². The van der Waals surface area contributed by atoms with E-state index in [0.717, 1.165) is 16.9 Å². The van der Waals surface area contributed by atoms with Crippen LogP contribution in [0.5, 0.6) is 5.75 Å². The first-order valence-corrected chi connectivity index (χ1v) is 4.36. The van der Waals surface area contributed by atoms with Crippen LogP contribution in [-0.4, -0.2) is 12.1 Å². The Labute approximate surface area is 83.2 Å². The Morgan fingerprint density at radius 3 is 2.43 bits per heavy atom. The van der Waals surface area contributed by atoms with Crippen LogP contribution in [0.1, 0.15) is 0 Å². The van der Waals surface area contributed by atoms with Crippen LogP contribution in [0.25, 0.3) is 11.1 Å². The molecule has 69 valence electrons. The van der Waals surface area contributed by atoms with E-state index in [1.807, 2.05) is 36.4 Å². The maximum absolute atomic E-state index is 5.08. The molecule has 0 bridgehead atoms. The molecule has 0 atom stereocenters. The van der Waals surface area contributed by atoms with Crippen molar-refractivity contribution in [2.75, 3.05) is 7.11 Å². The average Bonchev–Trinajstić information content (AvgIpc) is 2.30. The fraction of sp³-hybridized carbons (Fsp3) is 0.0833. The van der Waals surface area contributed by atoms with Gasteiger partial charge < -0.3 is 4.74 Å². The molecule has 14 heavy (non-hydrogen) atoms. The molecule has 2 heteroatoms. The van der Waals surface area contributed by atoms with Crippen LogP contribution in [0.15, 0.2) is 42.6 Å². The zero-order valence-corrected chi connectivity index (χ0v) is 7.90. The lowest BCUT2D eigenvalue weighted by molar-refractivity contribution is 0.415. The lowest BCUT2D eigenvalue weighted by atomic mass is 10.1. The second-order valence-corrected chi connectivity index (χ2v) is 2.90. The van der Waals surface area contributed by atoms with Gasteiger partial charge in [0, 0.05) is 6.20 Å². The van der Waals surface area contributed by atoms with Crippen molar-refractivity contribution in [3.8, 4) is 16.9 Å². The van der Waals surface area contributed by atoms with Crippen LogP contribution in [0.3, 0.4) is 0 Å². The van der Waals surface area contributed by atoms with E-state index in [1.54, 1.807) is 13.3 Å². The largest absolute Gasteiger partial charge is 0.497 e. The summed E-state index contributed by atoms with van der Waals surface area (Å²) in [7, 11) is 1.66. The lowest BCUT2D eigenvalue weighted by Gasteiger charge is -2.02. The Bertz CT molecular complexity index is 394. The van der Waals surface area contributed by atoms with Gasteiger partial charge in [0.15, 0.2) is 0 Å². The van der Waals surface area contributed by atoms with Crippen molar-refractivity contribution in [3.05, 3.63) is 48.8 Å². The summed E-state index contributed by atoms with van der Waals surface area (Å²) in [4.78, 5) is 3.85. The number of hydrogen-bond donors (Lipinski definition) is 0. The van der Waals surface area contributed by atoms with Gasteiger partial charge in [-0.1, -0.05) is 12.1 Å². The van der Waals surface area contributed by atoms with Gasteiger partial charge in [0.2, 0.25) is 0 Å². The SMILES string of the molecule is COc1ccc(-c2c[c]ncc2)cc1. The molecule has 0 aliphatic rings. The van der Waals surface area contributed by atoms with E-state index in [-0.39, 0.29) is 0 Å². The number of nitrogens with zero attached hydrogens (tertiary/aromatic N) is 1. The first kappa shape index (κ1) is 8.75. The fourth-order valence-corrected chi connectivity index (χ4v) is 1.28. The molecule has 2 aromatic rings. The lowest BCUT2D eigenvalue weighted by Crippen LogP contribution is -1.82. The van der Waals surface area contributed by atoms with Crippen molar-refractivity contribution in [2.24, 2.45) is 0 Å². The molecule has 0 aliphatic heterocycles. The number of aromatic nitrogens is 1. The van der Waals surface area contributed by atoms with Crippen LogP contribution in [-0.2, 0) is 0 Å². The number of methoxy groups -OCH3 is 1. The molecule has 1 heterocycles. The summed E-state index contributed by atoms with van der Waals surface area (Å²) in [5.41, 5.74) is 2.26. The second-order valence-electron chi connectivity index (χ2n) is 2.90. The number of ether oxygens (including phenoxy) is 1. The summed E-state index contributed by atoms with van der Waals surface area (Å²) >= 11 is 0. The van der Waals surface area contributed by atoms with Gasteiger partial charge in [-0.25, -0.2) is 0 Å². The molecule has 1 aromatic carbocycles. The Morgan fingerprint density at radius 2 is 1.86 bits per heavy atom. The van der Waals surface area contributed by atoms with Crippen molar-refractivity contribution in [1.29, 1.82) is 0 Å². The van der Waals surface area contributed by atoms with E-state index in [1.165, 1.54) is 0 Å². The molecule has 0 fully saturated rings. The molecule has 0 spiro atoms. The predicted molar refractivity (Wildman–Crippen MR) is 55.1 cm³/mol. The first-order valence-electron chi connectivity index (χ1n) is 4.36. The normalized spacial score (nSPS) is 9.79. The Balaban J connectivity index is 2.34. The zero-order chi connectivity index (χ0) is 9.80. The van der Waals surface area contributed by atoms with E-state index in [2.05, 4.69) is 11.2 Å². The molecule has 1 aromatic heterocycles. The van der Waals surface area contributed by atoms with Crippen molar-refractivity contribution < 1.29 is 4.74 Å². The highest BCUT2D eigenvalue weighted by molar-refractivity contribution is 5.63. The standard InChI is InChI=1S/C12H10NO/c1-14-12-4-2-10(3-5-12)11-6-8-13-9-7-11/h2-8H,1H3. The van der Waals surface area contributed by atoms with Crippen LogP contribution in [0, 0.1) is 6.20 Å². The zero-order valence-electron chi connectivity index (χ0n) is 7.90. The maximum atomic E-state index is 5.08. The van der Waals surface area contributed by atoms with E-state index >= 15 is 0 Å². The van der Waals surface area contributed by atoms with Gasteiger partial charge in [-0.05, 0) is 35.4 Å². The number of rotatable bonds is 2. The summed E-state index contributed by atoms with van der Waals surface area (Å²) in [6.45, 7) is 0. The van der Waals surface area contributed by atoms with Crippen LogP contribution < -0.4 is 4.74 Å². The first-order chi connectivity index (χ1) is 6.90. The van der Waals surface area contributed by atoms with Crippen LogP contribution in [0.4, 0.5) is 0 Å². The molecule has 0 N–H and O–H groups in total. The van der Waals surface area contributed by atoms with Crippen molar-refractivity contribution in [2.45, 2.75) is 0 Å². The number of benzene rings is 1. The molecule has 0 saturated heterocycles. The summed E-state index contributed by atoms with van der Waals surface area (Å²) < 4.78 is 5.08. The summed E-state index contributed by atoms with van der Waals surface area (Å²) in [5, 5.41) is 0. The summed E-state index contributed by atoms with van der Waals surface area (Å²) in [6, 6.07) is 11.7. The monoisotopic (exact) mass is 184 g/mol. The molecular formula is C12H10NO. The van der Waals surface area contributed by atoms with Crippen molar-refractivity contribution >= 4 is 0 Å². The number of pyridine rings is 1. The average molecular weight is 184 g/mol. The second kappa shape index (κ2) is 3.92. The van der Waals surface area contributed by atoms with Gasteiger partial charge in [0.1, 0.15) is 5.75 Å². The minimum absolute atomic E-state index is 0.867. The minimum atomic E-state index is 0.867.